The number of likely N-dealkylation sites (tertiary alicyclic amines) is 2. The molecule has 338 valence electrons. The number of carbonyl (C=O) groups excluding carboxylic acids is 4. The lowest BCUT2D eigenvalue weighted by molar-refractivity contribution is -0.141. The van der Waals surface area contributed by atoms with Gasteiger partial charge in [-0.15, -0.1) is 0 Å². The Bertz CT molecular complexity index is 2340. The molecular weight excluding hydrogens is 805 g/mol. The van der Waals surface area contributed by atoms with E-state index in [4.69, 9.17) is 19.5 Å². The van der Waals surface area contributed by atoms with Crippen LogP contribution in [0, 0.1) is 40.4 Å². The highest BCUT2D eigenvalue weighted by Crippen LogP contribution is 2.44. The maximum absolute atomic E-state index is 14.3. The monoisotopic (exact) mass is 868 g/mol. The molecule has 5 aliphatic heterocycles. The van der Waals surface area contributed by atoms with Gasteiger partial charge in [0.2, 0.25) is 17.7 Å². The van der Waals surface area contributed by atoms with E-state index in [-0.39, 0.29) is 70.6 Å². The minimum absolute atomic E-state index is 0.0327. The average Bonchev–Trinajstić information content (AvgIpc) is 4.10. The Balaban J connectivity index is 0.893. The van der Waals surface area contributed by atoms with Crippen molar-refractivity contribution >= 4 is 34.8 Å². The molecule has 12 nitrogen and oxygen atoms in total. The summed E-state index contributed by atoms with van der Waals surface area (Å²) >= 11 is 0. The molecule has 0 aliphatic carbocycles. The zero-order chi connectivity index (χ0) is 45.2. The van der Waals surface area contributed by atoms with Gasteiger partial charge in [-0.1, -0.05) is 63.8 Å². The van der Waals surface area contributed by atoms with Gasteiger partial charge >= 0.3 is 0 Å². The van der Waals surface area contributed by atoms with Crippen molar-refractivity contribution < 1.29 is 28.7 Å². The number of nitrogens with one attached hydrogen (secondary N) is 2. The van der Waals surface area contributed by atoms with E-state index in [9.17, 15) is 19.2 Å². The molecule has 12 heteroatoms. The second kappa shape index (κ2) is 19.0. The van der Waals surface area contributed by atoms with Crippen molar-refractivity contribution in [2.75, 3.05) is 39.5 Å². The second-order valence-corrected chi connectivity index (χ2v) is 20.3. The van der Waals surface area contributed by atoms with Crippen LogP contribution < -0.4 is 5.32 Å². The number of H-pyrrole nitrogens is 1. The van der Waals surface area contributed by atoms with Crippen LogP contribution in [0.3, 0.4) is 0 Å². The minimum atomic E-state index is -0.589. The maximum atomic E-state index is 14.3. The molecule has 64 heavy (non-hydrogen) atoms. The van der Waals surface area contributed by atoms with E-state index in [1.165, 1.54) is 6.92 Å². The number of hydrogen-bond donors (Lipinski definition) is 2. The summed E-state index contributed by atoms with van der Waals surface area (Å²) in [6.45, 7) is 15.5. The lowest BCUT2D eigenvalue weighted by atomic mass is 9.81. The van der Waals surface area contributed by atoms with Crippen LogP contribution in [0.4, 0.5) is 0 Å². The van der Waals surface area contributed by atoms with Gasteiger partial charge in [-0.25, -0.2) is 4.98 Å². The van der Waals surface area contributed by atoms with Crippen molar-refractivity contribution in [2.45, 2.75) is 111 Å². The van der Waals surface area contributed by atoms with Crippen molar-refractivity contribution in [1.82, 2.24) is 25.1 Å². The van der Waals surface area contributed by atoms with Gasteiger partial charge in [0.25, 0.3) is 0 Å². The molecule has 0 bridgehead atoms. The van der Waals surface area contributed by atoms with Crippen LogP contribution in [0.5, 0.6) is 0 Å². The molecule has 6 heterocycles. The number of Topliss-reactive ketones (excluding diaryl/α,β-unsaturated/α-hetero) is 1. The predicted octanol–water partition coefficient (Wildman–Crippen LogP) is 7.54. The van der Waals surface area contributed by atoms with Gasteiger partial charge in [-0.3, -0.25) is 19.4 Å². The molecule has 2 N–H and O–H groups in total. The fraction of sp³-hybridized carbons (Fsp3) is 0.538. The molecule has 0 spiro atoms. The number of imidazole rings is 1. The Morgan fingerprint density at radius 3 is 1.89 bits per heavy atom. The van der Waals surface area contributed by atoms with Gasteiger partial charge in [0.15, 0.2) is 0 Å². The zero-order valence-electron chi connectivity index (χ0n) is 38.4. The van der Waals surface area contributed by atoms with E-state index in [1.807, 2.05) is 58.6 Å². The molecule has 0 unspecified atom stereocenters. The SMILES string of the molecule is CC(=O)C[C@H](C(=O)N1CC(C)(C)C[C@H]1C1=NC=C(c2ccc(C#Cc3ccc(-c4cnc([C@@H]5CC(C)(C)CN5C(=O)[C@@H](NC(C)=O)C5CCOCC5)[nH]4)cc3)cc2)C1)C1CCOCC1. The van der Waals surface area contributed by atoms with Crippen LogP contribution in [0.15, 0.2) is 65.9 Å². The number of aromatic amines is 1. The number of ether oxygens (including phenoxy) is 2. The lowest BCUT2D eigenvalue weighted by Crippen LogP contribution is -2.53. The highest BCUT2D eigenvalue weighted by molar-refractivity contribution is 6.03. The Morgan fingerprint density at radius 2 is 1.31 bits per heavy atom. The van der Waals surface area contributed by atoms with E-state index in [0.717, 1.165) is 83.6 Å². The molecule has 3 amide bonds. The first-order chi connectivity index (χ1) is 30.6. The van der Waals surface area contributed by atoms with Gasteiger partial charge < -0.3 is 34.4 Å². The maximum Gasteiger partial charge on any atom is 0.246 e. The summed E-state index contributed by atoms with van der Waals surface area (Å²) in [6, 6.07) is 15.4. The summed E-state index contributed by atoms with van der Waals surface area (Å²) in [5, 5.41) is 2.97. The smallest absolute Gasteiger partial charge is 0.246 e. The molecule has 0 saturated carbocycles. The van der Waals surface area contributed by atoms with Crippen LogP contribution in [0.2, 0.25) is 0 Å². The summed E-state index contributed by atoms with van der Waals surface area (Å²) in [4.78, 5) is 70.2. The fourth-order valence-electron chi connectivity index (χ4n) is 10.6. The summed E-state index contributed by atoms with van der Waals surface area (Å²) in [5.41, 5.74) is 6.68. The molecule has 4 saturated heterocycles. The van der Waals surface area contributed by atoms with Crippen LogP contribution in [-0.4, -0.2) is 101 Å². The third-order valence-corrected chi connectivity index (χ3v) is 13.9. The van der Waals surface area contributed by atoms with Gasteiger partial charge in [0.1, 0.15) is 17.6 Å². The van der Waals surface area contributed by atoms with Crippen LogP contribution >= 0.6 is 0 Å². The number of ketones is 1. The molecule has 2 aromatic carbocycles. The lowest BCUT2D eigenvalue weighted by Gasteiger charge is -2.34. The van der Waals surface area contributed by atoms with Crippen molar-refractivity contribution in [2.24, 2.45) is 33.6 Å². The highest BCUT2D eigenvalue weighted by atomic mass is 16.5. The van der Waals surface area contributed by atoms with Gasteiger partial charge in [-0.2, -0.15) is 0 Å². The number of amides is 3. The first-order valence-electron chi connectivity index (χ1n) is 23.2. The molecule has 4 fully saturated rings. The molecule has 1 aromatic heterocycles. The minimum Gasteiger partial charge on any atom is -0.381 e. The summed E-state index contributed by atoms with van der Waals surface area (Å²) in [7, 11) is 0. The van der Waals surface area contributed by atoms with Crippen LogP contribution in [-0.2, 0) is 28.7 Å². The number of nitrogens with zero attached hydrogens (tertiary/aromatic N) is 4. The third-order valence-electron chi connectivity index (χ3n) is 13.9. The van der Waals surface area contributed by atoms with Crippen LogP contribution in [0.1, 0.15) is 121 Å². The standard InChI is InChI=1S/C52H64N6O6/c1-33(59)25-42(38-17-21-63-22-18-38)49(61)57-31-51(3,4)27-45(57)43-26-41(29-53-43)37-13-9-35(10-14-37)7-8-36-11-15-39(16-12-36)44-30-54-48(56-44)46-28-52(5,6)32-58(46)50(62)47(55-34(2)60)40-19-23-64-24-20-40/h9-16,29-30,38,40,42,45-47H,17-28,31-32H2,1-6H3,(H,54,56)(H,55,60)/t42-,45-,46-,47-/m0/s1. The van der Waals surface area contributed by atoms with Crippen molar-refractivity contribution in [3.8, 4) is 23.1 Å². The first-order valence-corrected chi connectivity index (χ1v) is 23.2. The van der Waals surface area contributed by atoms with Crippen molar-refractivity contribution in [3.05, 3.63) is 83.4 Å². The quantitative estimate of drug-likeness (QED) is 0.190. The number of hydrogen-bond acceptors (Lipinski definition) is 8. The summed E-state index contributed by atoms with van der Waals surface area (Å²) < 4.78 is 11.1. The fourth-order valence-corrected chi connectivity index (χ4v) is 10.6. The summed E-state index contributed by atoms with van der Waals surface area (Å²) in [5.74, 6) is 7.13. The Morgan fingerprint density at radius 1 is 0.766 bits per heavy atom. The molecule has 4 atom stereocenters. The van der Waals surface area contributed by atoms with Gasteiger partial charge in [0.05, 0.1) is 24.0 Å². The van der Waals surface area contributed by atoms with E-state index < -0.39 is 6.04 Å². The van der Waals surface area contributed by atoms with Crippen molar-refractivity contribution in [3.63, 3.8) is 0 Å². The Labute approximate surface area is 378 Å². The van der Waals surface area contributed by atoms with E-state index >= 15 is 0 Å². The number of carbonyl (C=O) groups is 4. The van der Waals surface area contributed by atoms with E-state index in [1.54, 1.807) is 6.92 Å². The molecule has 3 aromatic rings. The number of aromatic nitrogens is 2. The largest absolute Gasteiger partial charge is 0.381 e. The van der Waals surface area contributed by atoms with Gasteiger partial charge in [-0.05, 0) is 109 Å². The Kier molecular flexibility index (Phi) is 13.4. The highest BCUT2D eigenvalue weighted by Gasteiger charge is 2.47. The van der Waals surface area contributed by atoms with E-state index in [0.29, 0.717) is 45.9 Å². The number of benzene rings is 2. The first kappa shape index (κ1) is 45.2. The van der Waals surface area contributed by atoms with E-state index in [2.05, 4.69) is 62.0 Å². The van der Waals surface area contributed by atoms with Crippen LogP contribution in [0.25, 0.3) is 16.8 Å². The van der Waals surface area contributed by atoms with Crippen molar-refractivity contribution in [1.29, 1.82) is 0 Å². The Hall–Kier alpha value is -5.38. The predicted molar refractivity (Wildman–Crippen MR) is 247 cm³/mol. The van der Waals surface area contributed by atoms with Gasteiger partial charge in [0, 0.05) is 88.2 Å². The molecule has 5 aliphatic rings. The second-order valence-electron chi connectivity index (χ2n) is 20.3. The third kappa shape index (κ3) is 10.4. The zero-order valence-corrected chi connectivity index (χ0v) is 38.4. The molecular formula is C52H64N6O6. The topological polar surface area (TPSA) is 146 Å². The number of aliphatic imine (C=N–C) groups is 1. The average molecular weight is 869 g/mol. The normalized spacial score (nSPS) is 23.2. The summed E-state index contributed by atoms with van der Waals surface area (Å²) in [6.07, 6.45) is 9.43. The molecule has 8 rings (SSSR count). The number of allylic oxidation sites excluding steroid dienone is 1. The molecule has 0 radical (unpaired) electrons. The number of rotatable bonds is 11.